The fourth-order valence-corrected chi connectivity index (χ4v) is 4.84. The number of carbonyl (C=O) groups is 2. The average Bonchev–Trinajstić information content (AvgIpc) is 3.74. The highest BCUT2D eigenvalue weighted by Gasteiger charge is 2.42. The molecule has 232 valence electrons. The Hall–Kier alpha value is -3.06. The summed E-state index contributed by atoms with van der Waals surface area (Å²) in [6, 6.07) is 13.4. The molecule has 42 heavy (non-hydrogen) atoms. The number of rotatable bonds is 22. The molecule has 0 amide bonds. The van der Waals surface area contributed by atoms with Gasteiger partial charge in [-0.3, -0.25) is 0 Å². The summed E-state index contributed by atoms with van der Waals surface area (Å²) in [6.45, 7) is 5.11. The van der Waals surface area contributed by atoms with Gasteiger partial charge in [0.15, 0.2) is 11.5 Å². The zero-order chi connectivity index (χ0) is 29.8. The third-order valence-electron chi connectivity index (χ3n) is 7.44. The highest BCUT2D eigenvalue weighted by molar-refractivity contribution is 5.91. The maximum absolute atomic E-state index is 12.8. The summed E-state index contributed by atoms with van der Waals surface area (Å²) in [5, 5.41) is 0. The summed E-state index contributed by atoms with van der Waals surface area (Å²) >= 11 is 0. The Labute approximate surface area is 252 Å². The summed E-state index contributed by atoms with van der Waals surface area (Å²) in [7, 11) is 0. The Morgan fingerprint density at radius 2 is 1.21 bits per heavy atom. The Bertz CT molecular complexity index is 1040. The standard InChI is InChI=1S/C35H50O7/c1-3-5-7-9-11-13-15-19-27-38-29-25-23-28(24-26-29)33(36)39-30-20-17-18-21-31(30)41-35(37)42-34-32(40-34)22-16-14-12-10-8-6-4-2/h17-18,20-21,23-26,32,34H,3-16,19,22,27H2,1-2H3/t32-,34+/m0/s1. The minimum Gasteiger partial charge on any atom is -0.494 e. The second-order valence-corrected chi connectivity index (χ2v) is 11.1. The van der Waals surface area contributed by atoms with Crippen molar-refractivity contribution in [3.63, 3.8) is 0 Å². The third-order valence-corrected chi connectivity index (χ3v) is 7.44. The Balaban J connectivity index is 1.34. The number of unbranched alkanes of at least 4 members (excludes halogenated alkanes) is 13. The first-order valence-corrected chi connectivity index (χ1v) is 16.2. The SMILES string of the molecule is CCCCCCCCCCOc1ccc(C(=O)Oc2ccccc2OC(=O)O[C@H]2O[C@H]2CCCCCCCCC)cc1. The molecule has 2 aromatic rings. The topological polar surface area (TPSA) is 83.6 Å². The van der Waals surface area contributed by atoms with Gasteiger partial charge in [-0.25, -0.2) is 9.59 Å². The predicted molar refractivity (Wildman–Crippen MR) is 164 cm³/mol. The van der Waals surface area contributed by atoms with Crippen molar-refractivity contribution in [1.82, 2.24) is 0 Å². The molecular weight excluding hydrogens is 532 g/mol. The lowest BCUT2D eigenvalue weighted by Gasteiger charge is -2.10. The van der Waals surface area contributed by atoms with E-state index in [4.69, 9.17) is 23.7 Å². The fourth-order valence-electron chi connectivity index (χ4n) is 4.84. The highest BCUT2D eigenvalue weighted by atomic mass is 16.8. The second kappa shape index (κ2) is 20.0. The van der Waals surface area contributed by atoms with E-state index in [9.17, 15) is 9.59 Å². The van der Waals surface area contributed by atoms with E-state index in [-0.39, 0.29) is 17.6 Å². The lowest BCUT2D eigenvalue weighted by Crippen LogP contribution is -2.15. The highest BCUT2D eigenvalue weighted by Crippen LogP contribution is 2.31. The quantitative estimate of drug-likeness (QED) is 0.0449. The van der Waals surface area contributed by atoms with Crippen molar-refractivity contribution >= 4 is 12.1 Å². The Kier molecular flexibility index (Phi) is 15.9. The first-order valence-electron chi connectivity index (χ1n) is 16.2. The molecule has 3 rings (SSSR count). The van der Waals surface area contributed by atoms with E-state index in [0.717, 1.165) is 25.7 Å². The van der Waals surface area contributed by atoms with E-state index in [1.807, 2.05) is 0 Å². The fraction of sp³-hybridized carbons (Fsp3) is 0.600. The zero-order valence-corrected chi connectivity index (χ0v) is 25.7. The van der Waals surface area contributed by atoms with Crippen molar-refractivity contribution < 1.29 is 33.3 Å². The van der Waals surface area contributed by atoms with E-state index in [0.29, 0.717) is 17.9 Å². The van der Waals surface area contributed by atoms with Gasteiger partial charge in [-0.15, -0.1) is 0 Å². The van der Waals surface area contributed by atoms with Crippen molar-refractivity contribution in [2.75, 3.05) is 6.61 Å². The van der Waals surface area contributed by atoms with Crippen LogP contribution < -0.4 is 14.2 Å². The Morgan fingerprint density at radius 3 is 1.83 bits per heavy atom. The summed E-state index contributed by atoms with van der Waals surface area (Å²) in [5.41, 5.74) is 0.367. The molecule has 0 bridgehead atoms. The molecule has 1 aliphatic rings. The molecule has 0 N–H and O–H groups in total. The van der Waals surface area contributed by atoms with Crippen LogP contribution in [0.5, 0.6) is 17.2 Å². The van der Waals surface area contributed by atoms with Gasteiger partial charge >= 0.3 is 12.1 Å². The van der Waals surface area contributed by atoms with Crippen LogP contribution in [0, 0.1) is 0 Å². The average molecular weight is 583 g/mol. The molecule has 1 heterocycles. The molecule has 1 saturated heterocycles. The van der Waals surface area contributed by atoms with E-state index >= 15 is 0 Å². The van der Waals surface area contributed by atoms with Gasteiger partial charge in [0, 0.05) is 0 Å². The van der Waals surface area contributed by atoms with Crippen LogP contribution in [0.15, 0.2) is 48.5 Å². The summed E-state index contributed by atoms with van der Waals surface area (Å²) in [4.78, 5) is 25.1. The van der Waals surface area contributed by atoms with Crippen molar-refractivity contribution in [2.45, 2.75) is 129 Å². The minimum atomic E-state index is -0.886. The zero-order valence-electron chi connectivity index (χ0n) is 25.7. The van der Waals surface area contributed by atoms with Crippen LogP contribution >= 0.6 is 0 Å². The normalized spacial score (nSPS) is 15.7. The number of hydrogen-bond acceptors (Lipinski definition) is 7. The first kappa shape index (κ1) is 33.4. The molecule has 0 saturated carbocycles. The van der Waals surface area contributed by atoms with Crippen LogP contribution in [0.4, 0.5) is 4.79 Å². The van der Waals surface area contributed by atoms with Crippen LogP contribution in [0.2, 0.25) is 0 Å². The number of benzene rings is 2. The van der Waals surface area contributed by atoms with Crippen molar-refractivity contribution in [3.05, 3.63) is 54.1 Å². The van der Waals surface area contributed by atoms with Crippen LogP contribution in [-0.2, 0) is 9.47 Å². The molecule has 7 nitrogen and oxygen atoms in total. The molecule has 0 aliphatic carbocycles. The maximum Gasteiger partial charge on any atom is 0.516 e. The van der Waals surface area contributed by atoms with Gasteiger partial charge in [-0.2, -0.15) is 0 Å². The van der Waals surface area contributed by atoms with Crippen molar-refractivity contribution in [2.24, 2.45) is 0 Å². The first-order chi connectivity index (χ1) is 20.6. The lowest BCUT2D eigenvalue weighted by atomic mass is 10.1. The molecule has 2 atom stereocenters. The predicted octanol–water partition coefficient (Wildman–Crippen LogP) is 9.81. The molecule has 0 unspecified atom stereocenters. The second-order valence-electron chi connectivity index (χ2n) is 11.1. The summed E-state index contributed by atoms with van der Waals surface area (Å²) in [6.07, 6.45) is 17.9. The smallest absolute Gasteiger partial charge is 0.494 e. The van der Waals surface area contributed by atoms with Crippen LogP contribution in [0.1, 0.15) is 127 Å². The number of epoxide rings is 1. The number of para-hydroxylation sites is 2. The van der Waals surface area contributed by atoms with E-state index in [1.165, 1.54) is 77.0 Å². The third kappa shape index (κ3) is 13.3. The van der Waals surface area contributed by atoms with Crippen LogP contribution in [-0.4, -0.2) is 31.1 Å². The summed E-state index contributed by atoms with van der Waals surface area (Å²) < 4.78 is 27.4. The molecule has 0 spiro atoms. The molecule has 7 heteroatoms. The minimum absolute atomic E-state index is 0.0754. The molecule has 1 aliphatic heterocycles. The molecular formula is C35H50O7. The van der Waals surface area contributed by atoms with Gasteiger partial charge in [0.25, 0.3) is 0 Å². The van der Waals surface area contributed by atoms with Gasteiger partial charge in [0.1, 0.15) is 11.9 Å². The Morgan fingerprint density at radius 1 is 0.667 bits per heavy atom. The number of hydrogen-bond donors (Lipinski definition) is 0. The van der Waals surface area contributed by atoms with Crippen LogP contribution in [0.3, 0.4) is 0 Å². The van der Waals surface area contributed by atoms with E-state index in [1.54, 1.807) is 48.5 Å². The van der Waals surface area contributed by atoms with Gasteiger partial charge in [0.05, 0.1) is 12.2 Å². The molecule has 2 aromatic carbocycles. The summed E-state index contributed by atoms with van der Waals surface area (Å²) in [5.74, 6) is 0.388. The molecule has 0 aromatic heterocycles. The van der Waals surface area contributed by atoms with Crippen molar-refractivity contribution in [1.29, 1.82) is 0 Å². The number of esters is 1. The van der Waals surface area contributed by atoms with Gasteiger partial charge in [-0.1, -0.05) is 116 Å². The molecule has 0 radical (unpaired) electrons. The van der Waals surface area contributed by atoms with Crippen LogP contribution in [0.25, 0.3) is 0 Å². The van der Waals surface area contributed by atoms with E-state index < -0.39 is 18.4 Å². The molecule has 1 fully saturated rings. The number of ether oxygens (including phenoxy) is 5. The van der Waals surface area contributed by atoms with E-state index in [2.05, 4.69) is 13.8 Å². The lowest BCUT2D eigenvalue weighted by molar-refractivity contribution is 0.0539. The largest absolute Gasteiger partial charge is 0.516 e. The maximum atomic E-state index is 12.8. The van der Waals surface area contributed by atoms with Crippen molar-refractivity contribution in [3.8, 4) is 17.2 Å². The number of carbonyl (C=O) groups excluding carboxylic acids is 2. The van der Waals surface area contributed by atoms with Gasteiger partial charge in [0.2, 0.25) is 6.29 Å². The van der Waals surface area contributed by atoms with Gasteiger partial charge in [-0.05, 0) is 49.2 Å². The van der Waals surface area contributed by atoms with Gasteiger partial charge < -0.3 is 23.7 Å². The monoisotopic (exact) mass is 582 g/mol.